The maximum absolute atomic E-state index is 11.8. The third-order valence-electron chi connectivity index (χ3n) is 3.06. The third-order valence-corrected chi connectivity index (χ3v) is 3.39. The molecule has 0 atom stereocenters. The molecule has 3 aromatic rings. The molecule has 6 nitrogen and oxygen atoms in total. The first-order chi connectivity index (χ1) is 11.1. The van der Waals surface area contributed by atoms with Gasteiger partial charge in [-0.15, -0.1) is 0 Å². The molecule has 0 spiro atoms. The lowest BCUT2D eigenvalue weighted by atomic mass is 10.2. The Hall–Kier alpha value is -2.86. The van der Waals surface area contributed by atoms with E-state index in [1.54, 1.807) is 24.3 Å². The van der Waals surface area contributed by atoms with E-state index in [4.69, 9.17) is 16.0 Å². The number of aromatic amines is 1. The normalized spacial score (nSPS) is 11.0. The van der Waals surface area contributed by atoms with E-state index in [1.807, 2.05) is 25.1 Å². The number of aromatic nitrogens is 2. The Kier molecular flexibility index (Phi) is 4.25. The minimum atomic E-state index is -0.400. The summed E-state index contributed by atoms with van der Waals surface area (Å²) in [5.74, 6) is 0.730. The Balaban J connectivity index is 1.67. The largest absolute Gasteiger partial charge is 0.455 e. The second-order valence-electron chi connectivity index (χ2n) is 4.82. The summed E-state index contributed by atoms with van der Waals surface area (Å²) in [6, 6.07) is 12.6. The number of H-pyrrole nitrogens is 1. The van der Waals surface area contributed by atoms with E-state index in [2.05, 4.69) is 20.7 Å². The second-order valence-corrected chi connectivity index (χ2v) is 5.22. The van der Waals surface area contributed by atoms with E-state index in [1.165, 1.54) is 6.21 Å². The van der Waals surface area contributed by atoms with Crippen LogP contribution in [-0.4, -0.2) is 22.3 Å². The summed E-state index contributed by atoms with van der Waals surface area (Å²) in [4.78, 5) is 11.8. The molecule has 23 heavy (non-hydrogen) atoms. The van der Waals surface area contributed by atoms with Gasteiger partial charge in [-0.05, 0) is 37.3 Å². The lowest BCUT2D eigenvalue weighted by Gasteiger charge is -1.98. The summed E-state index contributed by atoms with van der Waals surface area (Å²) < 4.78 is 5.64. The quantitative estimate of drug-likeness (QED) is 0.568. The van der Waals surface area contributed by atoms with Gasteiger partial charge < -0.3 is 4.42 Å². The van der Waals surface area contributed by atoms with Crippen LogP contribution in [0.15, 0.2) is 52.0 Å². The fraction of sp³-hybridized carbons (Fsp3) is 0.0625. The molecule has 3 rings (SSSR count). The molecule has 0 radical (unpaired) electrons. The maximum Gasteiger partial charge on any atom is 0.291 e. The van der Waals surface area contributed by atoms with Gasteiger partial charge in [-0.2, -0.15) is 10.2 Å². The van der Waals surface area contributed by atoms with Crippen molar-refractivity contribution in [3.63, 3.8) is 0 Å². The van der Waals surface area contributed by atoms with Crippen molar-refractivity contribution in [1.29, 1.82) is 0 Å². The predicted octanol–water partition coefficient (Wildman–Crippen LogP) is 3.40. The highest BCUT2D eigenvalue weighted by Crippen LogP contribution is 2.28. The van der Waals surface area contributed by atoms with Crippen molar-refractivity contribution >= 4 is 23.7 Å². The average Bonchev–Trinajstić information content (AvgIpc) is 3.17. The van der Waals surface area contributed by atoms with Gasteiger partial charge >= 0.3 is 0 Å². The minimum Gasteiger partial charge on any atom is -0.455 e. The summed E-state index contributed by atoms with van der Waals surface area (Å²) in [6.45, 7) is 1.81. The molecule has 2 N–H and O–H groups in total. The molecule has 0 bridgehead atoms. The standard InChI is InChI=1S/C16H13ClN4O2/c1-10-8-14(20-19-10)16(22)21-18-9-11-6-7-15(23-11)12-4-2-3-5-13(12)17/h2-9H,1H3,(H,19,20)(H,21,22)/b18-9+. The molecule has 1 amide bonds. The zero-order chi connectivity index (χ0) is 16.2. The van der Waals surface area contributed by atoms with Crippen molar-refractivity contribution in [2.75, 3.05) is 0 Å². The molecule has 0 saturated carbocycles. The van der Waals surface area contributed by atoms with Crippen molar-refractivity contribution < 1.29 is 9.21 Å². The molecule has 116 valence electrons. The fourth-order valence-corrected chi connectivity index (χ4v) is 2.20. The number of carbonyl (C=O) groups is 1. The van der Waals surface area contributed by atoms with Gasteiger partial charge in [-0.25, -0.2) is 5.43 Å². The van der Waals surface area contributed by atoms with Crippen LogP contribution in [0.5, 0.6) is 0 Å². The van der Waals surface area contributed by atoms with Crippen LogP contribution in [0.4, 0.5) is 0 Å². The van der Waals surface area contributed by atoms with E-state index < -0.39 is 5.91 Å². The van der Waals surface area contributed by atoms with Crippen molar-refractivity contribution in [2.24, 2.45) is 5.10 Å². The van der Waals surface area contributed by atoms with Gasteiger partial charge in [0.2, 0.25) is 0 Å². The number of halogens is 1. The number of nitrogens with one attached hydrogen (secondary N) is 2. The van der Waals surface area contributed by atoms with Crippen molar-refractivity contribution in [2.45, 2.75) is 6.92 Å². The van der Waals surface area contributed by atoms with Crippen LogP contribution < -0.4 is 5.43 Å². The number of hydrogen-bond donors (Lipinski definition) is 2. The van der Waals surface area contributed by atoms with Gasteiger partial charge in [-0.3, -0.25) is 9.89 Å². The van der Waals surface area contributed by atoms with Gasteiger partial charge in [0.15, 0.2) is 5.69 Å². The van der Waals surface area contributed by atoms with Gasteiger partial charge in [0.1, 0.15) is 11.5 Å². The number of rotatable bonds is 4. The number of furan rings is 1. The highest BCUT2D eigenvalue weighted by atomic mass is 35.5. The van der Waals surface area contributed by atoms with Crippen molar-refractivity contribution in [1.82, 2.24) is 15.6 Å². The maximum atomic E-state index is 11.8. The van der Waals surface area contributed by atoms with Crippen LogP contribution in [0.25, 0.3) is 11.3 Å². The van der Waals surface area contributed by atoms with Gasteiger partial charge in [0, 0.05) is 11.3 Å². The molecule has 2 heterocycles. The number of hydrazone groups is 1. The van der Waals surface area contributed by atoms with Gasteiger partial charge in [0.25, 0.3) is 5.91 Å². The van der Waals surface area contributed by atoms with Gasteiger partial charge in [-0.1, -0.05) is 23.7 Å². The molecular formula is C16H13ClN4O2. The SMILES string of the molecule is Cc1cc(C(=O)N/N=C/c2ccc(-c3ccccc3Cl)o2)n[nH]1. The van der Waals surface area contributed by atoms with Crippen molar-refractivity contribution in [3.05, 3.63) is 64.6 Å². The summed E-state index contributed by atoms with van der Waals surface area (Å²) in [5.41, 5.74) is 4.25. The van der Waals surface area contributed by atoms with Crippen LogP contribution in [0.1, 0.15) is 21.9 Å². The first-order valence-electron chi connectivity index (χ1n) is 6.83. The van der Waals surface area contributed by atoms with E-state index in [0.29, 0.717) is 16.5 Å². The highest BCUT2D eigenvalue weighted by Gasteiger charge is 2.09. The van der Waals surface area contributed by atoms with E-state index in [0.717, 1.165) is 11.3 Å². The Morgan fingerprint density at radius 1 is 1.35 bits per heavy atom. The Bertz CT molecular complexity index is 866. The zero-order valence-electron chi connectivity index (χ0n) is 12.2. The number of amides is 1. The van der Waals surface area contributed by atoms with Crippen LogP contribution in [-0.2, 0) is 0 Å². The topological polar surface area (TPSA) is 83.3 Å². The molecular weight excluding hydrogens is 316 g/mol. The Morgan fingerprint density at radius 3 is 2.91 bits per heavy atom. The summed E-state index contributed by atoms with van der Waals surface area (Å²) >= 11 is 6.12. The number of benzene rings is 1. The predicted molar refractivity (Wildman–Crippen MR) is 87.5 cm³/mol. The molecule has 7 heteroatoms. The Morgan fingerprint density at radius 2 is 2.17 bits per heavy atom. The second kappa shape index (κ2) is 6.50. The molecule has 0 fully saturated rings. The summed E-state index contributed by atoms with van der Waals surface area (Å²) in [7, 11) is 0. The first-order valence-corrected chi connectivity index (χ1v) is 7.21. The highest BCUT2D eigenvalue weighted by molar-refractivity contribution is 6.33. The molecule has 2 aromatic heterocycles. The summed E-state index contributed by atoms with van der Waals surface area (Å²) in [5, 5.41) is 11.0. The van der Waals surface area contributed by atoms with Crippen LogP contribution >= 0.6 is 11.6 Å². The number of hydrogen-bond acceptors (Lipinski definition) is 4. The van der Waals surface area contributed by atoms with E-state index in [-0.39, 0.29) is 5.69 Å². The Labute approximate surface area is 137 Å². The number of aryl methyl sites for hydroxylation is 1. The fourth-order valence-electron chi connectivity index (χ4n) is 1.97. The zero-order valence-corrected chi connectivity index (χ0v) is 13.0. The van der Waals surface area contributed by atoms with Crippen molar-refractivity contribution in [3.8, 4) is 11.3 Å². The molecule has 1 aromatic carbocycles. The van der Waals surface area contributed by atoms with E-state index >= 15 is 0 Å². The average molecular weight is 329 g/mol. The molecule has 0 aliphatic carbocycles. The third kappa shape index (κ3) is 3.49. The monoisotopic (exact) mass is 328 g/mol. The minimum absolute atomic E-state index is 0.274. The lowest BCUT2D eigenvalue weighted by molar-refractivity contribution is 0.0950. The van der Waals surface area contributed by atoms with Gasteiger partial charge in [0.05, 0.1) is 11.2 Å². The molecule has 0 aliphatic rings. The van der Waals surface area contributed by atoms with Crippen LogP contribution in [0.2, 0.25) is 5.02 Å². The smallest absolute Gasteiger partial charge is 0.291 e. The lowest BCUT2D eigenvalue weighted by Crippen LogP contribution is -2.17. The number of carbonyl (C=O) groups excluding carboxylic acids is 1. The first kappa shape index (κ1) is 15.1. The molecule has 0 unspecified atom stereocenters. The number of nitrogens with zero attached hydrogens (tertiary/aromatic N) is 2. The van der Waals surface area contributed by atoms with Crippen LogP contribution in [0.3, 0.4) is 0 Å². The summed E-state index contributed by atoms with van der Waals surface area (Å²) in [6.07, 6.45) is 1.41. The molecule has 0 aliphatic heterocycles. The van der Waals surface area contributed by atoms with E-state index in [9.17, 15) is 4.79 Å². The van der Waals surface area contributed by atoms with Crippen LogP contribution in [0, 0.1) is 6.92 Å². The molecule has 0 saturated heterocycles.